The third-order valence-electron chi connectivity index (χ3n) is 2.79. The number of hydrazine groups is 1. The van der Waals surface area contributed by atoms with E-state index in [1.165, 1.54) is 0 Å². The van der Waals surface area contributed by atoms with Gasteiger partial charge in [0.2, 0.25) is 0 Å². The van der Waals surface area contributed by atoms with Gasteiger partial charge in [-0.15, -0.1) is 0 Å². The second-order valence-electron chi connectivity index (χ2n) is 4.01. The van der Waals surface area contributed by atoms with E-state index in [-0.39, 0.29) is 0 Å². The van der Waals surface area contributed by atoms with Crippen LogP contribution in [0.15, 0.2) is 21.1 Å². The highest BCUT2D eigenvalue weighted by Gasteiger charge is 2.13. The van der Waals surface area contributed by atoms with Crippen molar-refractivity contribution in [1.82, 2.24) is 10.4 Å². The van der Waals surface area contributed by atoms with Crippen molar-refractivity contribution in [3.8, 4) is 5.75 Å². The number of rotatable bonds is 4. The number of nitrogens with one attached hydrogen (secondary N) is 1. The number of methoxy groups -OCH3 is 1. The van der Waals surface area contributed by atoms with Gasteiger partial charge in [0, 0.05) is 29.7 Å². The summed E-state index contributed by atoms with van der Waals surface area (Å²) in [5.41, 5.74) is 4.51. The van der Waals surface area contributed by atoms with E-state index in [1.54, 1.807) is 7.11 Å². The minimum Gasteiger partial charge on any atom is -0.495 e. The van der Waals surface area contributed by atoms with Gasteiger partial charge in [0.25, 0.3) is 0 Å². The molecule has 0 atom stereocenters. The first-order valence-corrected chi connectivity index (χ1v) is 7.37. The third-order valence-corrected chi connectivity index (χ3v) is 3.84. The average molecular weight is 380 g/mol. The Labute approximate surface area is 124 Å². The summed E-state index contributed by atoms with van der Waals surface area (Å²) >= 11 is 7.00. The molecule has 0 spiro atoms. The van der Waals surface area contributed by atoms with Crippen molar-refractivity contribution in [2.45, 2.75) is 6.54 Å². The van der Waals surface area contributed by atoms with Crippen molar-refractivity contribution >= 4 is 31.9 Å². The van der Waals surface area contributed by atoms with Crippen molar-refractivity contribution in [2.24, 2.45) is 0 Å². The van der Waals surface area contributed by atoms with Gasteiger partial charge in [-0.1, -0.05) is 15.9 Å². The molecule has 0 bridgehead atoms. The molecule has 0 amide bonds. The monoisotopic (exact) mass is 378 g/mol. The van der Waals surface area contributed by atoms with Gasteiger partial charge in [-0.2, -0.15) is 0 Å². The van der Waals surface area contributed by atoms with Crippen LogP contribution in [0.4, 0.5) is 0 Å². The van der Waals surface area contributed by atoms with E-state index < -0.39 is 0 Å². The highest BCUT2D eigenvalue weighted by atomic mass is 79.9. The Kier molecular flexibility index (Phi) is 5.44. The maximum absolute atomic E-state index is 5.42. The van der Waals surface area contributed by atoms with Gasteiger partial charge < -0.3 is 9.47 Å². The van der Waals surface area contributed by atoms with Crippen molar-refractivity contribution in [2.75, 3.05) is 33.4 Å². The highest BCUT2D eigenvalue weighted by molar-refractivity contribution is 9.11. The van der Waals surface area contributed by atoms with E-state index in [9.17, 15) is 0 Å². The Morgan fingerprint density at radius 1 is 1.33 bits per heavy atom. The molecule has 1 N–H and O–H groups in total. The largest absolute Gasteiger partial charge is 0.495 e. The minimum absolute atomic E-state index is 0.737. The van der Waals surface area contributed by atoms with E-state index in [0.717, 1.165) is 53.1 Å². The summed E-state index contributed by atoms with van der Waals surface area (Å²) in [5, 5.41) is 2.18. The van der Waals surface area contributed by atoms with Crippen LogP contribution in [-0.2, 0) is 11.3 Å². The van der Waals surface area contributed by atoms with Gasteiger partial charge in [0.15, 0.2) is 0 Å². The summed E-state index contributed by atoms with van der Waals surface area (Å²) in [6, 6.07) is 4.05. The second kappa shape index (κ2) is 6.86. The molecule has 100 valence electrons. The quantitative estimate of drug-likeness (QED) is 0.871. The van der Waals surface area contributed by atoms with Crippen LogP contribution in [0, 0.1) is 0 Å². The molecule has 1 aliphatic heterocycles. The molecule has 1 aromatic rings. The third kappa shape index (κ3) is 3.68. The van der Waals surface area contributed by atoms with Gasteiger partial charge in [-0.3, -0.25) is 5.43 Å². The fourth-order valence-electron chi connectivity index (χ4n) is 1.89. The Balaban J connectivity index is 2.03. The molecule has 18 heavy (non-hydrogen) atoms. The molecule has 6 heteroatoms. The van der Waals surface area contributed by atoms with E-state index in [0.29, 0.717) is 0 Å². The van der Waals surface area contributed by atoms with Gasteiger partial charge >= 0.3 is 0 Å². The lowest BCUT2D eigenvalue weighted by molar-refractivity contribution is 0.0104. The van der Waals surface area contributed by atoms with Gasteiger partial charge in [-0.05, 0) is 28.1 Å². The van der Waals surface area contributed by atoms with Crippen LogP contribution in [0.25, 0.3) is 0 Å². The molecule has 1 aromatic carbocycles. The van der Waals surface area contributed by atoms with Crippen LogP contribution >= 0.6 is 31.9 Å². The van der Waals surface area contributed by atoms with E-state index in [1.807, 2.05) is 6.07 Å². The standard InChI is InChI=1S/C12H16Br2N2O2/c1-17-12-9(6-10(13)7-11(12)14)8-15-16-2-4-18-5-3-16/h6-7,15H,2-5,8H2,1H3. The molecule has 0 aliphatic carbocycles. The molecule has 1 fully saturated rings. The molecule has 4 nitrogen and oxygen atoms in total. The first kappa shape index (κ1) is 14.3. The summed E-state index contributed by atoms with van der Waals surface area (Å²) in [6.07, 6.45) is 0. The Morgan fingerprint density at radius 2 is 2.06 bits per heavy atom. The maximum atomic E-state index is 5.42. The molecule has 0 unspecified atom stereocenters. The van der Waals surface area contributed by atoms with E-state index >= 15 is 0 Å². The predicted octanol–water partition coefficient (Wildman–Crippen LogP) is 2.56. The first-order valence-electron chi connectivity index (χ1n) is 5.79. The van der Waals surface area contributed by atoms with E-state index in [2.05, 4.69) is 48.4 Å². The Morgan fingerprint density at radius 3 is 2.72 bits per heavy atom. The summed E-state index contributed by atoms with van der Waals surface area (Å²) in [5.74, 6) is 0.874. The van der Waals surface area contributed by atoms with Crippen molar-refractivity contribution < 1.29 is 9.47 Å². The van der Waals surface area contributed by atoms with Crippen LogP contribution in [0.3, 0.4) is 0 Å². The smallest absolute Gasteiger partial charge is 0.137 e. The zero-order chi connectivity index (χ0) is 13.0. The number of halogens is 2. The summed E-state index contributed by atoms with van der Waals surface area (Å²) in [4.78, 5) is 0. The summed E-state index contributed by atoms with van der Waals surface area (Å²) < 4.78 is 12.7. The highest BCUT2D eigenvalue weighted by Crippen LogP contribution is 2.32. The minimum atomic E-state index is 0.737. The average Bonchev–Trinajstić information content (AvgIpc) is 2.37. The number of ether oxygens (including phenoxy) is 2. The number of nitrogens with zero attached hydrogens (tertiary/aromatic N) is 1. The molecular formula is C12H16Br2N2O2. The maximum Gasteiger partial charge on any atom is 0.137 e. The topological polar surface area (TPSA) is 33.7 Å². The molecule has 0 aromatic heterocycles. The normalized spacial score (nSPS) is 16.8. The van der Waals surface area contributed by atoms with Crippen LogP contribution in [0.5, 0.6) is 5.75 Å². The Bertz CT molecular complexity index is 409. The van der Waals surface area contributed by atoms with Crippen molar-refractivity contribution in [1.29, 1.82) is 0 Å². The lowest BCUT2D eigenvalue weighted by Gasteiger charge is -2.27. The molecule has 0 radical (unpaired) electrons. The Hall–Kier alpha value is -0.140. The van der Waals surface area contributed by atoms with Gasteiger partial charge in [-0.25, -0.2) is 5.01 Å². The van der Waals surface area contributed by atoms with Crippen LogP contribution in [-0.4, -0.2) is 38.4 Å². The van der Waals surface area contributed by atoms with Crippen LogP contribution < -0.4 is 10.2 Å². The number of hydrogen-bond donors (Lipinski definition) is 1. The summed E-state index contributed by atoms with van der Waals surface area (Å²) in [6.45, 7) is 4.13. The SMILES string of the molecule is COc1c(Br)cc(Br)cc1CNN1CCOCC1. The molecule has 1 heterocycles. The van der Waals surface area contributed by atoms with Gasteiger partial charge in [0.1, 0.15) is 5.75 Å². The molecular weight excluding hydrogens is 364 g/mol. The molecule has 0 saturated carbocycles. The fourth-order valence-corrected chi connectivity index (χ4v) is 3.37. The number of hydrogen-bond acceptors (Lipinski definition) is 4. The number of morpholine rings is 1. The fraction of sp³-hybridized carbons (Fsp3) is 0.500. The zero-order valence-corrected chi connectivity index (χ0v) is 13.4. The predicted molar refractivity (Wildman–Crippen MR) is 77.6 cm³/mol. The molecule has 1 aliphatic rings. The van der Waals surface area contributed by atoms with E-state index in [4.69, 9.17) is 9.47 Å². The van der Waals surface area contributed by atoms with Crippen LogP contribution in [0.2, 0.25) is 0 Å². The number of benzene rings is 1. The van der Waals surface area contributed by atoms with Crippen molar-refractivity contribution in [3.63, 3.8) is 0 Å². The molecule has 1 saturated heterocycles. The van der Waals surface area contributed by atoms with Gasteiger partial charge in [0.05, 0.1) is 24.8 Å². The lowest BCUT2D eigenvalue weighted by atomic mass is 10.2. The second-order valence-corrected chi connectivity index (χ2v) is 5.78. The first-order chi connectivity index (χ1) is 8.70. The molecule has 2 rings (SSSR count). The van der Waals surface area contributed by atoms with Crippen LogP contribution in [0.1, 0.15) is 5.56 Å². The summed E-state index contributed by atoms with van der Waals surface area (Å²) in [7, 11) is 1.69. The lowest BCUT2D eigenvalue weighted by Crippen LogP contribution is -2.45. The zero-order valence-electron chi connectivity index (χ0n) is 10.2. The van der Waals surface area contributed by atoms with Crippen molar-refractivity contribution in [3.05, 3.63) is 26.6 Å².